The van der Waals surface area contributed by atoms with Gasteiger partial charge in [0.1, 0.15) is 0 Å². The molecule has 3 heteroatoms. The van der Waals surface area contributed by atoms with E-state index in [1.54, 1.807) is 0 Å². The molecule has 0 radical (unpaired) electrons. The number of amides is 1. The fourth-order valence-electron chi connectivity index (χ4n) is 10.2. The average Bonchev–Trinajstić information content (AvgIpc) is 3.06. The molecule has 6 rings (SSSR count). The van der Waals surface area contributed by atoms with E-state index < -0.39 is 0 Å². The fourth-order valence-corrected chi connectivity index (χ4v) is 10.2. The molecule has 0 saturated heterocycles. The third-order valence-corrected chi connectivity index (χ3v) is 11.6. The first-order valence-corrected chi connectivity index (χ1v) is 17.4. The molecule has 4 aliphatic rings. The zero-order valence-electron chi connectivity index (χ0n) is 26.0. The highest BCUT2D eigenvalue weighted by Crippen LogP contribution is 2.68. The zero-order valence-corrected chi connectivity index (χ0v) is 26.0. The number of hydrogen-bond donors (Lipinski definition) is 1. The molecule has 2 N–H and O–H groups in total. The number of nitrogens with zero attached hydrogens (tertiary/aromatic N) is 1. The second-order valence-electron chi connectivity index (χ2n) is 13.9. The topological polar surface area (TPSA) is 66.9 Å². The number of carbonyl (C=O) groups excluding carboxylic acids is 1. The first-order valence-electron chi connectivity index (χ1n) is 17.4. The molecule has 1 unspecified atom stereocenters. The maximum absolute atomic E-state index is 13.2. The van der Waals surface area contributed by atoms with Crippen LogP contribution in [-0.4, -0.2) is 5.91 Å². The number of hydrogen-bond acceptors (Lipinski definition) is 2. The Morgan fingerprint density at radius 1 is 0.698 bits per heavy atom. The summed E-state index contributed by atoms with van der Waals surface area (Å²) in [7, 11) is 0. The molecule has 1 amide bonds. The number of carbonyl (C=O) groups is 1. The van der Waals surface area contributed by atoms with Gasteiger partial charge in [0.15, 0.2) is 0 Å². The number of nitrogens with two attached hydrogens (primary N) is 1. The lowest BCUT2D eigenvalue weighted by atomic mass is 9.44. The van der Waals surface area contributed by atoms with Crippen LogP contribution in [0.2, 0.25) is 0 Å². The highest BCUT2D eigenvalue weighted by atomic mass is 16.1. The summed E-state index contributed by atoms with van der Waals surface area (Å²) in [5.74, 6) is 1.26. The van der Waals surface area contributed by atoms with Gasteiger partial charge in [0.25, 0.3) is 0 Å². The summed E-state index contributed by atoms with van der Waals surface area (Å²) in [5, 5.41) is 10.7. The fraction of sp³-hybridized carbons (Fsp3) is 0.550. The minimum absolute atomic E-state index is 0.106. The van der Waals surface area contributed by atoms with E-state index in [0.717, 1.165) is 12.8 Å². The van der Waals surface area contributed by atoms with E-state index in [2.05, 4.69) is 66.7 Å². The molecule has 0 aromatic heterocycles. The number of nitriles is 1. The lowest BCUT2D eigenvalue weighted by Crippen LogP contribution is -2.50. The zero-order chi connectivity index (χ0) is 29.6. The summed E-state index contributed by atoms with van der Waals surface area (Å²) in [6, 6.07) is 24.8. The van der Waals surface area contributed by atoms with Crippen molar-refractivity contribution in [2.45, 2.75) is 109 Å². The van der Waals surface area contributed by atoms with E-state index in [0.29, 0.717) is 24.2 Å². The highest BCUT2D eigenvalue weighted by Gasteiger charge is 2.58. The molecule has 0 heterocycles. The molecule has 3 saturated carbocycles. The first-order chi connectivity index (χ1) is 21.2. The highest BCUT2D eigenvalue weighted by molar-refractivity contribution is 5.93. The van der Waals surface area contributed by atoms with Gasteiger partial charge in [0.2, 0.25) is 5.91 Å². The minimum atomic E-state index is -0.232. The Bertz CT molecular complexity index is 1330. The normalized spacial score (nSPS) is 24.1. The summed E-state index contributed by atoms with van der Waals surface area (Å²) >= 11 is 0. The van der Waals surface area contributed by atoms with Crippen molar-refractivity contribution in [2.24, 2.45) is 34.8 Å². The van der Waals surface area contributed by atoms with Crippen molar-refractivity contribution in [1.29, 1.82) is 5.26 Å². The molecule has 3 fully saturated rings. The lowest BCUT2D eigenvalue weighted by molar-refractivity contribution is -0.117. The summed E-state index contributed by atoms with van der Waals surface area (Å²) in [4.78, 5) is 13.2. The van der Waals surface area contributed by atoms with E-state index in [-0.39, 0.29) is 23.7 Å². The number of benzene rings is 2. The van der Waals surface area contributed by atoms with E-state index in [4.69, 9.17) is 5.73 Å². The SMILES string of the molecule is N#CCC1C(c2ccccc2)=C(C2CCCCC2)C(CC(N)=O)=C(c2ccccc2)C1(C1CCCCC1)C1CCCCC1. The third kappa shape index (κ3) is 5.75. The predicted molar refractivity (Wildman–Crippen MR) is 176 cm³/mol. The first kappa shape index (κ1) is 29.9. The van der Waals surface area contributed by atoms with E-state index in [1.807, 2.05) is 0 Å². The number of rotatable bonds is 8. The van der Waals surface area contributed by atoms with E-state index >= 15 is 0 Å². The second-order valence-corrected chi connectivity index (χ2v) is 13.9. The van der Waals surface area contributed by atoms with Gasteiger partial charge in [0, 0.05) is 17.8 Å². The standard InChI is InChI=1S/C40H50N2O/c41-27-26-35-38(30-18-8-2-9-19-30)37(29-16-6-1-7-17-29)34(28-36(42)43)39(31-20-10-3-11-21-31)40(35,32-22-12-4-13-23-32)33-24-14-5-15-25-33/h2-3,8-11,18-21,29,32-33,35H,1,4-7,12-17,22-26,28H2,(H2,42,43). The monoisotopic (exact) mass is 574 g/mol. The molecule has 4 aliphatic carbocycles. The van der Waals surface area contributed by atoms with Crippen LogP contribution in [0.5, 0.6) is 0 Å². The quantitative estimate of drug-likeness (QED) is 0.341. The van der Waals surface area contributed by atoms with Crippen molar-refractivity contribution < 1.29 is 4.79 Å². The second kappa shape index (κ2) is 13.7. The van der Waals surface area contributed by atoms with Crippen molar-refractivity contribution in [1.82, 2.24) is 0 Å². The van der Waals surface area contributed by atoms with Crippen LogP contribution < -0.4 is 5.73 Å². The molecule has 0 spiro atoms. The molecule has 2 aromatic rings. The largest absolute Gasteiger partial charge is 0.369 e. The number of allylic oxidation sites excluding steroid dienone is 3. The molecule has 226 valence electrons. The maximum Gasteiger partial charge on any atom is 0.221 e. The van der Waals surface area contributed by atoms with Crippen LogP contribution in [0, 0.1) is 40.4 Å². The average molecular weight is 575 g/mol. The Morgan fingerprint density at radius 3 is 1.67 bits per heavy atom. The minimum Gasteiger partial charge on any atom is -0.369 e. The van der Waals surface area contributed by atoms with Crippen LogP contribution in [0.25, 0.3) is 11.1 Å². The summed E-state index contributed by atoms with van der Waals surface area (Å²) in [6.45, 7) is 0. The van der Waals surface area contributed by atoms with Crippen LogP contribution in [0.15, 0.2) is 71.8 Å². The molecular formula is C40H50N2O. The molecule has 3 nitrogen and oxygen atoms in total. The summed E-state index contributed by atoms with van der Waals surface area (Å²) in [5.41, 5.74) is 14.0. The summed E-state index contributed by atoms with van der Waals surface area (Å²) < 4.78 is 0. The van der Waals surface area contributed by atoms with Gasteiger partial charge >= 0.3 is 0 Å². The maximum atomic E-state index is 13.2. The van der Waals surface area contributed by atoms with E-state index in [9.17, 15) is 10.1 Å². The summed E-state index contributed by atoms with van der Waals surface area (Å²) in [6.07, 6.45) is 19.3. The van der Waals surface area contributed by atoms with Crippen molar-refractivity contribution in [3.05, 3.63) is 82.9 Å². The van der Waals surface area contributed by atoms with Crippen LogP contribution in [0.1, 0.15) is 120 Å². The van der Waals surface area contributed by atoms with Gasteiger partial charge in [-0.25, -0.2) is 0 Å². The van der Waals surface area contributed by atoms with Crippen LogP contribution in [0.3, 0.4) is 0 Å². The van der Waals surface area contributed by atoms with Gasteiger partial charge in [-0.15, -0.1) is 0 Å². The molecule has 1 atom stereocenters. The third-order valence-electron chi connectivity index (χ3n) is 11.6. The predicted octanol–water partition coefficient (Wildman–Crippen LogP) is 10.0. The lowest BCUT2D eigenvalue weighted by Gasteiger charge is -2.59. The van der Waals surface area contributed by atoms with Crippen molar-refractivity contribution in [2.75, 3.05) is 0 Å². The van der Waals surface area contributed by atoms with Crippen molar-refractivity contribution in [3.63, 3.8) is 0 Å². The Morgan fingerprint density at radius 2 is 1.19 bits per heavy atom. The van der Waals surface area contributed by atoms with Crippen molar-refractivity contribution in [3.8, 4) is 6.07 Å². The molecule has 0 aliphatic heterocycles. The van der Waals surface area contributed by atoms with Gasteiger partial charge in [-0.05, 0) is 89.7 Å². The van der Waals surface area contributed by atoms with Crippen LogP contribution in [-0.2, 0) is 4.79 Å². The van der Waals surface area contributed by atoms with Gasteiger partial charge in [-0.1, -0.05) is 118 Å². The Labute approximate surface area is 259 Å². The van der Waals surface area contributed by atoms with Gasteiger partial charge in [0.05, 0.1) is 12.5 Å². The van der Waals surface area contributed by atoms with Gasteiger partial charge in [-0.3, -0.25) is 4.79 Å². The smallest absolute Gasteiger partial charge is 0.221 e. The van der Waals surface area contributed by atoms with Gasteiger partial charge in [-0.2, -0.15) is 5.26 Å². The number of primary amides is 1. The Kier molecular flexibility index (Phi) is 9.52. The Balaban J connectivity index is 1.77. The molecule has 43 heavy (non-hydrogen) atoms. The molecule has 2 aromatic carbocycles. The van der Waals surface area contributed by atoms with Crippen LogP contribution in [0.4, 0.5) is 0 Å². The molecule has 0 bridgehead atoms. The van der Waals surface area contributed by atoms with E-state index in [1.165, 1.54) is 117 Å². The van der Waals surface area contributed by atoms with Gasteiger partial charge < -0.3 is 5.73 Å². The molecular weight excluding hydrogens is 524 g/mol. The van der Waals surface area contributed by atoms with Crippen LogP contribution >= 0.6 is 0 Å². The Hall–Kier alpha value is -3.12. The van der Waals surface area contributed by atoms with Crippen molar-refractivity contribution >= 4 is 17.1 Å².